The number of pyridine rings is 1. The fourth-order valence-electron chi connectivity index (χ4n) is 3.81. The van der Waals surface area contributed by atoms with Crippen LogP contribution in [0.3, 0.4) is 0 Å². The smallest absolute Gasteiger partial charge is 0.340 e. The Morgan fingerprint density at radius 1 is 1.14 bits per heavy atom. The van der Waals surface area contributed by atoms with E-state index in [0.29, 0.717) is 18.7 Å². The first-order valence-corrected chi connectivity index (χ1v) is 9.41. The summed E-state index contributed by atoms with van der Waals surface area (Å²) >= 11 is 0. The molecule has 0 spiro atoms. The number of aromatic nitrogens is 2. The van der Waals surface area contributed by atoms with E-state index in [1.807, 2.05) is 51.6 Å². The normalized spacial score (nSPS) is 11.2. The van der Waals surface area contributed by atoms with E-state index in [1.54, 1.807) is 0 Å². The molecule has 0 saturated heterocycles. The van der Waals surface area contributed by atoms with E-state index < -0.39 is 0 Å². The van der Waals surface area contributed by atoms with Gasteiger partial charge < -0.3 is 14.6 Å². The molecule has 0 bridgehead atoms. The summed E-state index contributed by atoms with van der Waals surface area (Å²) in [5, 5.41) is 6.33. The minimum Gasteiger partial charge on any atom is -0.462 e. The van der Waals surface area contributed by atoms with Crippen LogP contribution in [0.1, 0.15) is 23.0 Å². The molecule has 5 heteroatoms. The molecule has 4 aromatic rings. The first-order chi connectivity index (χ1) is 13.7. The third kappa shape index (κ3) is 2.94. The highest BCUT2D eigenvalue weighted by atomic mass is 16.5. The third-order valence-electron chi connectivity index (χ3n) is 5.12. The van der Waals surface area contributed by atoms with Gasteiger partial charge in [-0.25, -0.2) is 4.79 Å². The van der Waals surface area contributed by atoms with Crippen LogP contribution in [0.2, 0.25) is 0 Å². The number of esters is 1. The van der Waals surface area contributed by atoms with Gasteiger partial charge in [0.2, 0.25) is 0 Å². The highest BCUT2D eigenvalue weighted by Crippen LogP contribution is 2.33. The predicted octanol–water partition coefficient (Wildman–Crippen LogP) is 4.29. The molecule has 0 radical (unpaired) electrons. The van der Waals surface area contributed by atoms with Gasteiger partial charge in [0.15, 0.2) is 0 Å². The summed E-state index contributed by atoms with van der Waals surface area (Å²) in [5.41, 5.74) is 4.71. The Balaban J connectivity index is 1.94. The second-order valence-electron chi connectivity index (χ2n) is 6.77. The van der Waals surface area contributed by atoms with E-state index in [0.717, 1.165) is 38.5 Å². The Hall–Kier alpha value is -3.18. The quantitative estimate of drug-likeness (QED) is 0.530. The number of rotatable bonds is 5. The summed E-state index contributed by atoms with van der Waals surface area (Å²) in [7, 11) is 3.86. The Bertz CT molecular complexity index is 1170. The van der Waals surface area contributed by atoms with Crippen molar-refractivity contribution in [1.29, 1.82) is 0 Å². The standard InChI is InChI=1S/C23H23N3O2/c1-4-28-23(27)22-18-10-9-15(11-20(18)26(3)21(22)14-24-2)19-13-25-12-16-7-5-6-8-17(16)19/h5-13,24H,4,14H2,1-3H3. The number of ether oxygens (including phenoxy) is 1. The molecule has 0 amide bonds. The monoisotopic (exact) mass is 373 g/mol. The van der Waals surface area contributed by atoms with Crippen molar-refractivity contribution in [3.63, 3.8) is 0 Å². The number of nitrogens with one attached hydrogen (secondary N) is 1. The van der Waals surface area contributed by atoms with Gasteiger partial charge in [-0.15, -0.1) is 0 Å². The highest BCUT2D eigenvalue weighted by molar-refractivity contribution is 6.07. The number of carbonyl (C=O) groups is 1. The fourth-order valence-corrected chi connectivity index (χ4v) is 3.81. The summed E-state index contributed by atoms with van der Waals surface area (Å²) in [6.45, 7) is 2.77. The summed E-state index contributed by atoms with van der Waals surface area (Å²) < 4.78 is 7.39. The lowest BCUT2D eigenvalue weighted by Gasteiger charge is -2.08. The first kappa shape index (κ1) is 18.2. The van der Waals surface area contributed by atoms with Crippen LogP contribution in [-0.2, 0) is 18.3 Å². The van der Waals surface area contributed by atoms with Crippen LogP contribution in [0.15, 0.2) is 54.9 Å². The molecule has 142 valence electrons. The second-order valence-corrected chi connectivity index (χ2v) is 6.77. The Kier molecular flexibility index (Phi) is 4.84. The molecule has 0 aliphatic rings. The number of aryl methyl sites for hydroxylation is 1. The van der Waals surface area contributed by atoms with Gasteiger partial charge >= 0.3 is 5.97 Å². The van der Waals surface area contributed by atoms with Gasteiger partial charge in [0, 0.05) is 53.5 Å². The number of fused-ring (bicyclic) bond motifs is 2. The third-order valence-corrected chi connectivity index (χ3v) is 5.12. The molecule has 28 heavy (non-hydrogen) atoms. The van der Waals surface area contributed by atoms with E-state index in [-0.39, 0.29) is 5.97 Å². The lowest BCUT2D eigenvalue weighted by Crippen LogP contribution is -2.14. The summed E-state index contributed by atoms with van der Waals surface area (Å²) in [4.78, 5) is 17.0. The minimum atomic E-state index is -0.280. The van der Waals surface area contributed by atoms with Gasteiger partial charge in [-0.1, -0.05) is 36.4 Å². The van der Waals surface area contributed by atoms with Crippen LogP contribution in [0.25, 0.3) is 32.8 Å². The summed E-state index contributed by atoms with van der Waals surface area (Å²) in [5.74, 6) is -0.280. The SMILES string of the molecule is CCOC(=O)c1c(CNC)n(C)c2cc(-c3cncc4ccccc34)ccc12. The number of hydrogen-bond donors (Lipinski definition) is 1. The number of benzene rings is 2. The van der Waals surface area contributed by atoms with Gasteiger partial charge in [-0.05, 0) is 31.0 Å². The molecular formula is C23H23N3O2. The molecule has 0 aliphatic heterocycles. The zero-order chi connectivity index (χ0) is 19.7. The molecule has 5 nitrogen and oxygen atoms in total. The number of carbonyl (C=O) groups excluding carboxylic acids is 1. The predicted molar refractivity (Wildman–Crippen MR) is 112 cm³/mol. The lowest BCUT2D eigenvalue weighted by molar-refractivity contribution is 0.0527. The summed E-state index contributed by atoms with van der Waals surface area (Å²) in [6, 6.07) is 14.4. The van der Waals surface area contributed by atoms with Crippen molar-refractivity contribution in [3.8, 4) is 11.1 Å². The van der Waals surface area contributed by atoms with Gasteiger partial charge in [0.25, 0.3) is 0 Å². The minimum absolute atomic E-state index is 0.280. The maximum absolute atomic E-state index is 12.6. The van der Waals surface area contributed by atoms with Gasteiger partial charge in [0.1, 0.15) is 0 Å². The number of nitrogens with zero attached hydrogens (tertiary/aromatic N) is 2. The fraction of sp³-hybridized carbons (Fsp3) is 0.217. The van der Waals surface area contributed by atoms with Crippen molar-refractivity contribution >= 4 is 27.6 Å². The van der Waals surface area contributed by atoms with Crippen LogP contribution in [0, 0.1) is 0 Å². The summed E-state index contributed by atoms with van der Waals surface area (Å²) in [6.07, 6.45) is 3.77. The van der Waals surface area contributed by atoms with Crippen LogP contribution in [-0.4, -0.2) is 29.2 Å². The van der Waals surface area contributed by atoms with Gasteiger partial charge in [0.05, 0.1) is 12.2 Å². The molecule has 1 N–H and O–H groups in total. The molecular weight excluding hydrogens is 350 g/mol. The van der Waals surface area contributed by atoms with E-state index in [2.05, 4.69) is 39.1 Å². The van der Waals surface area contributed by atoms with Crippen molar-refractivity contribution in [2.45, 2.75) is 13.5 Å². The molecule has 4 rings (SSSR count). The molecule has 2 aromatic heterocycles. The lowest BCUT2D eigenvalue weighted by atomic mass is 9.99. The van der Waals surface area contributed by atoms with Crippen LogP contribution < -0.4 is 5.32 Å². The largest absolute Gasteiger partial charge is 0.462 e. The van der Waals surface area contributed by atoms with Crippen molar-refractivity contribution in [2.24, 2.45) is 7.05 Å². The van der Waals surface area contributed by atoms with E-state index in [4.69, 9.17) is 4.74 Å². The van der Waals surface area contributed by atoms with Crippen molar-refractivity contribution in [1.82, 2.24) is 14.9 Å². The topological polar surface area (TPSA) is 56.1 Å². The van der Waals surface area contributed by atoms with Crippen LogP contribution in [0.5, 0.6) is 0 Å². The van der Waals surface area contributed by atoms with Gasteiger partial charge in [-0.3, -0.25) is 4.98 Å². The Morgan fingerprint density at radius 3 is 2.75 bits per heavy atom. The van der Waals surface area contributed by atoms with Crippen LogP contribution >= 0.6 is 0 Å². The van der Waals surface area contributed by atoms with Crippen molar-refractivity contribution < 1.29 is 9.53 Å². The van der Waals surface area contributed by atoms with Crippen molar-refractivity contribution in [3.05, 3.63) is 66.1 Å². The maximum atomic E-state index is 12.6. The van der Waals surface area contributed by atoms with Crippen LogP contribution in [0.4, 0.5) is 0 Å². The average molecular weight is 373 g/mol. The molecule has 0 fully saturated rings. The van der Waals surface area contributed by atoms with E-state index >= 15 is 0 Å². The van der Waals surface area contributed by atoms with Crippen molar-refractivity contribution in [2.75, 3.05) is 13.7 Å². The highest BCUT2D eigenvalue weighted by Gasteiger charge is 2.22. The second kappa shape index (κ2) is 7.44. The number of hydrogen-bond acceptors (Lipinski definition) is 4. The molecule has 2 heterocycles. The maximum Gasteiger partial charge on any atom is 0.340 e. The van der Waals surface area contributed by atoms with Gasteiger partial charge in [-0.2, -0.15) is 0 Å². The Morgan fingerprint density at radius 2 is 1.96 bits per heavy atom. The van der Waals surface area contributed by atoms with E-state index in [9.17, 15) is 4.79 Å². The Labute approximate surface area is 164 Å². The van der Waals surface area contributed by atoms with E-state index in [1.165, 1.54) is 0 Å². The molecule has 0 aliphatic carbocycles. The average Bonchev–Trinajstić information content (AvgIpc) is 2.99. The first-order valence-electron chi connectivity index (χ1n) is 9.41. The molecule has 2 aromatic carbocycles. The molecule has 0 atom stereocenters. The zero-order valence-electron chi connectivity index (χ0n) is 16.3. The molecule has 0 saturated carbocycles. The zero-order valence-corrected chi connectivity index (χ0v) is 16.3. The molecule has 0 unspecified atom stereocenters.